The van der Waals surface area contributed by atoms with Gasteiger partial charge >= 0.3 is 0 Å². The first-order valence-electron chi connectivity index (χ1n) is 7.86. The highest BCUT2D eigenvalue weighted by Crippen LogP contribution is 2.35. The van der Waals surface area contributed by atoms with E-state index in [-0.39, 0.29) is 23.0 Å². The number of rotatable bonds is 5. The van der Waals surface area contributed by atoms with E-state index in [2.05, 4.69) is 52.8 Å². The molecule has 3 atom stereocenters. The number of halogens is 1. The third-order valence-corrected chi connectivity index (χ3v) is 4.44. The second kappa shape index (κ2) is 6.58. The van der Waals surface area contributed by atoms with E-state index in [1.54, 1.807) is 0 Å². The molecule has 0 bridgehead atoms. The van der Waals surface area contributed by atoms with Crippen molar-refractivity contribution < 1.29 is 9.47 Å². The molecule has 0 N–H and O–H groups in total. The molecule has 21 heavy (non-hydrogen) atoms. The maximum Gasteiger partial charge on any atom is 0.128 e. The summed E-state index contributed by atoms with van der Waals surface area (Å²) in [5.74, 6) is 0.946. The number of alkyl halides is 1. The van der Waals surface area contributed by atoms with E-state index >= 15 is 0 Å². The number of aryl methyl sites for hydroxylation is 1. The van der Waals surface area contributed by atoms with E-state index < -0.39 is 0 Å². The molecule has 3 heteroatoms. The molecule has 1 aromatic rings. The summed E-state index contributed by atoms with van der Waals surface area (Å²) in [6.45, 7) is 11.6. The van der Waals surface area contributed by atoms with Crippen LogP contribution in [-0.4, -0.2) is 24.2 Å². The van der Waals surface area contributed by atoms with E-state index in [4.69, 9.17) is 21.1 Å². The van der Waals surface area contributed by atoms with Gasteiger partial charge in [-0.1, -0.05) is 39.8 Å². The first-order chi connectivity index (χ1) is 9.82. The molecule has 2 nitrogen and oxygen atoms in total. The summed E-state index contributed by atoms with van der Waals surface area (Å²) in [5.41, 5.74) is 2.66. The number of ether oxygens (including phenoxy) is 2. The summed E-state index contributed by atoms with van der Waals surface area (Å²) in [5, 5.41) is 0.0794. The Morgan fingerprint density at radius 1 is 1.29 bits per heavy atom. The third kappa shape index (κ3) is 3.92. The largest absolute Gasteiger partial charge is 0.487 e. The Balaban J connectivity index is 2.03. The zero-order valence-corrected chi connectivity index (χ0v) is 14.5. The second-order valence-corrected chi connectivity index (χ2v) is 7.53. The lowest BCUT2D eigenvalue weighted by atomic mass is 9.86. The number of hydrogen-bond donors (Lipinski definition) is 0. The molecule has 2 rings (SSSR count). The Hall–Kier alpha value is -0.730. The van der Waals surface area contributed by atoms with E-state index in [0.29, 0.717) is 0 Å². The lowest BCUT2D eigenvalue weighted by Crippen LogP contribution is -2.52. The molecule has 0 amide bonds. The fourth-order valence-electron chi connectivity index (χ4n) is 2.52. The lowest BCUT2D eigenvalue weighted by molar-refractivity contribution is -0.0799. The highest BCUT2D eigenvalue weighted by molar-refractivity contribution is 6.21. The molecule has 1 aromatic carbocycles. The second-order valence-electron chi connectivity index (χ2n) is 6.97. The fourth-order valence-corrected chi connectivity index (χ4v) is 2.93. The van der Waals surface area contributed by atoms with Gasteiger partial charge in [0.25, 0.3) is 0 Å². The van der Waals surface area contributed by atoms with Crippen LogP contribution in [0.5, 0.6) is 5.75 Å². The van der Waals surface area contributed by atoms with Crippen LogP contribution in [0.15, 0.2) is 18.2 Å². The van der Waals surface area contributed by atoms with E-state index in [1.807, 2.05) is 0 Å². The first-order valence-corrected chi connectivity index (χ1v) is 8.30. The summed E-state index contributed by atoms with van der Waals surface area (Å²) in [7, 11) is 0. The molecule has 1 saturated carbocycles. The summed E-state index contributed by atoms with van der Waals surface area (Å²) in [6.07, 6.45) is 1.97. The monoisotopic (exact) mass is 310 g/mol. The normalized spacial score (nSPS) is 25.5. The van der Waals surface area contributed by atoms with Crippen molar-refractivity contribution in [1.29, 1.82) is 0 Å². The van der Waals surface area contributed by atoms with Crippen LogP contribution in [-0.2, 0) is 10.2 Å². The maximum atomic E-state index is 6.23. The average Bonchev–Trinajstić information content (AvgIpc) is 2.39. The van der Waals surface area contributed by atoms with E-state index in [1.165, 1.54) is 11.1 Å². The van der Waals surface area contributed by atoms with Gasteiger partial charge in [-0.25, -0.2) is 0 Å². The molecule has 0 spiro atoms. The van der Waals surface area contributed by atoms with E-state index in [9.17, 15) is 0 Å². The highest BCUT2D eigenvalue weighted by Gasteiger charge is 2.42. The average molecular weight is 311 g/mol. The fraction of sp³-hybridized carbons (Fsp3) is 0.667. The molecule has 1 aliphatic rings. The summed E-state index contributed by atoms with van der Waals surface area (Å²) < 4.78 is 11.9. The Labute approximate surface area is 133 Å². The maximum absolute atomic E-state index is 6.23. The predicted molar refractivity (Wildman–Crippen MR) is 88.6 cm³/mol. The van der Waals surface area contributed by atoms with Gasteiger partial charge in [-0.2, -0.15) is 0 Å². The van der Waals surface area contributed by atoms with Crippen LogP contribution in [0, 0.1) is 6.92 Å². The molecule has 0 heterocycles. The Bertz CT molecular complexity index is 479. The van der Waals surface area contributed by atoms with Crippen LogP contribution in [0.4, 0.5) is 0 Å². The standard InChI is InChI=1S/C18H27ClO2/c1-6-9-20-17-14(19)11-16(17)21-15-8-7-13(10-12(15)2)18(3,4)5/h7-8,10,14,16-17H,6,9,11H2,1-5H3. The van der Waals surface area contributed by atoms with Crippen molar-refractivity contribution in [3.63, 3.8) is 0 Å². The first kappa shape index (κ1) is 16.6. The molecule has 118 valence electrons. The quantitative estimate of drug-likeness (QED) is 0.724. The molecule has 1 aliphatic carbocycles. The summed E-state index contributed by atoms with van der Waals surface area (Å²) >= 11 is 6.23. The van der Waals surface area contributed by atoms with Crippen molar-refractivity contribution in [3.8, 4) is 5.75 Å². The van der Waals surface area contributed by atoms with Crippen molar-refractivity contribution >= 4 is 11.6 Å². The minimum atomic E-state index is 0.0216. The van der Waals surface area contributed by atoms with Crippen LogP contribution in [0.1, 0.15) is 51.7 Å². The molecule has 0 radical (unpaired) electrons. The van der Waals surface area contributed by atoms with Gasteiger partial charge in [0.15, 0.2) is 0 Å². The third-order valence-electron chi connectivity index (χ3n) is 4.01. The topological polar surface area (TPSA) is 18.5 Å². The molecule has 0 aromatic heterocycles. The van der Waals surface area contributed by atoms with Gasteiger partial charge in [0.05, 0.1) is 5.38 Å². The van der Waals surface area contributed by atoms with Crippen LogP contribution in [0.3, 0.4) is 0 Å². The van der Waals surface area contributed by atoms with Gasteiger partial charge in [-0.15, -0.1) is 11.6 Å². The van der Waals surface area contributed by atoms with E-state index in [0.717, 1.165) is 25.2 Å². The minimum absolute atomic E-state index is 0.0216. The molecule has 1 fully saturated rings. The molecular formula is C18H27ClO2. The number of hydrogen-bond acceptors (Lipinski definition) is 2. The van der Waals surface area contributed by atoms with Gasteiger partial charge in [0.1, 0.15) is 18.0 Å². The number of benzene rings is 1. The highest BCUT2D eigenvalue weighted by atomic mass is 35.5. The molecule has 3 unspecified atom stereocenters. The van der Waals surface area contributed by atoms with Gasteiger partial charge in [-0.3, -0.25) is 0 Å². The van der Waals surface area contributed by atoms with Crippen LogP contribution < -0.4 is 4.74 Å². The van der Waals surface area contributed by atoms with Crippen molar-refractivity contribution in [2.75, 3.05) is 6.61 Å². The lowest BCUT2D eigenvalue weighted by Gasteiger charge is -2.40. The van der Waals surface area contributed by atoms with Gasteiger partial charge in [0.2, 0.25) is 0 Å². The molecule has 0 aliphatic heterocycles. The van der Waals surface area contributed by atoms with Crippen LogP contribution in [0.2, 0.25) is 0 Å². The molecular weight excluding hydrogens is 284 g/mol. The summed E-state index contributed by atoms with van der Waals surface area (Å²) in [6, 6.07) is 6.45. The van der Waals surface area contributed by atoms with Crippen molar-refractivity contribution in [2.24, 2.45) is 0 Å². The van der Waals surface area contributed by atoms with Gasteiger partial charge < -0.3 is 9.47 Å². The summed E-state index contributed by atoms with van der Waals surface area (Å²) in [4.78, 5) is 0. The molecule has 0 saturated heterocycles. The SMILES string of the molecule is CCCOC1C(Cl)CC1Oc1ccc(C(C)(C)C)cc1C. The van der Waals surface area contributed by atoms with Gasteiger partial charge in [0, 0.05) is 13.0 Å². The van der Waals surface area contributed by atoms with Crippen molar-refractivity contribution in [1.82, 2.24) is 0 Å². The minimum Gasteiger partial charge on any atom is -0.487 e. The predicted octanol–water partition coefficient (Wildman–Crippen LogP) is 4.85. The Kier molecular flexibility index (Phi) is 5.21. The Morgan fingerprint density at radius 2 is 2.00 bits per heavy atom. The van der Waals surface area contributed by atoms with Crippen LogP contribution >= 0.6 is 11.6 Å². The Morgan fingerprint density at radius 3 is 2.52 bits per heavy atom. The van der Waals surface area contributed by atoms with Crippen molar-refractivity contribution in [3.05, 3.63) is 29.3 Å². The van der Waals surface area contributed by atoms with Crippen molar-refractivity contribution in [2.45, 2.75) is 70.5 Å². The zero-order valence-electron chi connectivity index (χ0n) is 13.8. The van der Waals surface area contributed by atoms with Gasteiger partial charge in [-0.05, 0) is 36.0 Å². The van der Waals surface area contributed by atoms with Crippen LogP contribution in [0.25, 0.3) is 0 Å². The zero-order chi connectivity index (χ0) is 15.6. The smallest absolute Gasteiger partial charge is 0.128 e.